The molecule has 0 fully saturated rings. The smallest absolute Gasteiger partial charge is 0.272 e. The molecule has 0 saturated carbocycles. The van der Waals surface area contributed by atoms with Gasteiger partial charge >= 0.3 is 0 Å². The zero-order chi connectivity index (χ0) is 22.1. The molecule has 1 aromatic carbocycles. The van der Waals surface area contributed by atoms with Crippen LogP contribution in [0.5, 0.6) is 5.75 Å². The van der Waals surface area contributed by atoms with E-state index in [-0.39, 0.29) is 12.2 Å². The number of imidazole rings is 1. The minimum absolute atomic E-state index is 0.146. The van der Waals surface area contributed by atoms with Crippen LogP contribution >= 0.6 is 11.3 Å². The molecule has 0 aliphatic heterocycles. The van der Waals surface area contributed by atoms with Crippen molar-refractivity contribution in [1.29, 1.82) is 0 Å². The first kappa shape index (κ1) is 19.9. The van der Waals surface area contributed by atoms with E-state index in [4.69, 9.17) is 10.5 Å². The van der Waals surface area contributed by atoms with Crippen LogP contribution < -0.4 is 16.0 Å². The molecule has 0 radical (unpaired) electrons. The molecule has 5 aromatic rings. The summed E-state index contributed by atoms with van der Waals surface area (Å²) in [6.45, 7) is 0.146. The second-order valence-electron chi connectivity index (χ2n) is 7.13. The molecular formula is C22H19N7O2S. The number of benzene rings is 1. The van der Waals surface area contributed by atoms with Crippen molar-refractivity contribution >= 4 is 28.3 Å². The summed E-state index contributed by atoms with van der Waals surface area (Å²) in [6, 6.07) is 13.4. The van der Waals surface area contributed by atoms with Gasteiger partial charge in [0.2, 0.25) is 0 Å². The SMILES string of the molecule is COc1ccc(-c2cc(Cc3cccs3)c(=O)n(Cn3cnc4c(N)ncnc43)n2)cc1. The van der Waals surface area contributed by atoms with E-state index in [9.17, 15) is 4.79 Å². The first-order chi connectivity index (χ1) is 15.6. The number of aromatic nitrogens is 6. The molecule has 160 valence electrons. The Morgan fingerprint density at radius 3 is 2.72 bits per heavy atom. The van der Waals surface area contributed by atoms with E-state index in [1.807, 2.05) is 47.8 Å². The Morgan fingerprint density at radius 1 is 1.12 bits per heavy atom. The normalized spacial score (nSPS) is 11.2. The summed E-state index contributed by atoms with van der Waals surface area (Å²) in [7, 11) is 1.62. The van der Waals surface area contributed by atoms with Gasteiger partial charge in [0, 0.05) is 22.4 Å². The van der Waals surface area contributed by atoms with E-state index < -0.39 is 0 Å². The quantitative estimate of drug-likeness (QED) is 0.427. The minimum Gasteiger partial charge on any atom is -0.497 e. The van der Waals surface area contributed by atoms with Gasteiger partial charge < -0.3 is 10.5 Å². The number of hydrogen-bond acceptors (Lipinski definition) is 8. The standard InChI is InChI=1S/C22H19N7O2S/c1-31-16-6-4-14(5-7-16)18-10-15(9-17-3-2-8-32-17)22(30)29(27-18)13-28-12-26-19-20(23)24-11-25-21(19)28/h2-8,10-12H,9,13H2,1H3,(H2,23,24,25). The van der Waals surface area contributed by atoms with Crippen molar-refractivity contribution in [3.63, 3.8) is 0 Å². The summed E-state index contributed by atoms with van der Waals surface area (Å²) >= 11 is 1.62. The van der Waals surface area contributed by atoms with Crippen LogP contribution in [0, 0.1) is 0 Å². The molecule has 0 spiro atoms. The highest BCUT2D eigenvalue weighted by Crippen LogP contribution is 2.22. The van der Waals surface area contributed by atoms with Crippen LogP contribution in [-0.2, 0) is 13.1 Å². The van der Waals surface area contributed by atoms with E-state index in [1.165, 1.54) is 11.0 Å². The highest BCUT2D eigenvalue weighted by molar-refractivity contribution is 7.09. The van der Waals surface area contributed by atoms with E-state index >= 15 is 0 Å². The summed E-state index contributed by atoms with van der Waals surface area (Å²) in [5, 5.41) is 6.64. The second kappa shape index (κ2) is 8.23. The molecule has 0 bridgehead atoms. The third-order valence-corrected chi connectivity index (χ3v) is 5.97. The number of hydrogen-bond donors (Lipinski definition) is 1. The van der Waals surface area contributed by atoms with Crippen molar-refractivity contribution in [3.8, 4) is 17.0 Å². The zero-order valence-electron chi connectivity index (χ0n) is 17.2. The van der Waals surface area contributed by atoms with Crippen LogP contribution in [-0.4, -0.2) is 36.4 Å². The maximum Gasteiger partial charge on any atom is 0.272 e. The molecule has 0 amide bonds. The Balaban J connectivity index is 1.61. The van der Waals surface area contributed by atoms with E-state index in [2.05, 4.69) is 20.1 Å². The van der Waals surface area contributed by atoms with Gasteiger partial charge in [0.05, 0.1) is 19.1 Å². The molecule has 0 atom stereocenters. The van der Waals surface area contributed by atoms with Crippen LogP contribution in [0.25, 0.3) is 22.4 Å². The lowest BCUT2D eigenvalue weighted by Gasteiger charge is -2.12. The molecule has 4 aromatic heterocycles. The third-order valence-electron chi connectivity index (χ3n) is 5.09. The number of methoxy groups -OCH3 is 1. The number of thiophene rings is 1. The number of nitrogen functional groups attached to an aromatic ring is 1. The van der Waals surface area contributed by atoms with Gasteiger partial charge in [-0.2, -0.15) is 5.10 Å². The summed E-state index contributed by atoms with van der Waals surface area (Å²) in [5.41, 5.74) is 9.00. The van der Waals surface area contributed by atoms with Gasteiger partial charge in [0.1, 0.15) is 24.3 Å². The topological polar surface area (TPSA) is 114 Å². The summed E-state index contributed by atoms with van der Waals surface area (Å²) in [5.74, 6) is 1.04. The average molecular weight is 446 g/mol. The van der Waals surface area contributed by atoms with Crippen molar-refractivity contribution in [1.82, 2.24) is 29.3 Å². The lowest BCUT2D eigenvalue weighted by atomic mass is 10.1. The Bertz CT molecular complexity index is 1440. The van der Waals surface area contributed by atoms with Gasteiger partial charge in [-0.3, -0.25) is 9.36 Å². The average Bonchev–Trinajstić information content (AvgIpc) is 3.47. The Labute approximate surface area is 186 Å². The van der Waals surface area contributed by atoms with Crippen molar-refractivity contribution < 1.29 is 4.74 Å². The number of anilines is 1. The molecule has 4 heterocycles. The molecule has 2 N–H and O–H groups in total. The highest BCUT2D eigenvalue weighted by Gasteiger charge is 2.14. The minimum atomic E-state index is -0.167. The van der Waals surface area contributed by atoms with Crippen molar-refractivity contribution in [2.45, 2.75) is 13.1 Å². The van der Waals surface area contributed by atoms with Crippen LogP contribution in [0.1, 0.15) is 10.4 Å². The predicted molar refractivity (Wildman–Crippen MR) is 123 cm³/mol. The lowest BCUT2D eigenvalue weighted by molar-refractivity contribution is 0.415. The van der Waals surface area contributed by atoms with Crippen LogP contribution in [0.4, 0.5) is 5.82 Å². The highest BCUT2D eigenvalue weighted by atomic mass is 32.1. The van der Waals surface area contributed by atoms with Crippen LogP contribution in [0.3, 0.4) is 0 Å². The maximum absolute atomic E-state index is 13.3. The van der Waals surface area contributed by atoms with E-state index in [0.29, 0.717) is 34.7 Å². The third kappa shape index (κ3) is 3.71. The molecule has 0 aliphatic rings. The second-order valence-corrected chi connectivity index (χ2v) is 8.16. The maximum atomic E-state index is 13.3. The van der Waals surface area contributed by atoms with Gasteiger partial charge in [0.25, 0.3) is 5.56 Å². The largest absolute Gasteiger partial charge is 0.497 e. The van der Waals surface area contributed by atoms with Gasteiger partial charge in [0.15, 0.2) is 11.5 Å². The first-order valence-corrected chi connectivity index (χ1v) is 10.7. The summed E-state index contributed by atoms with van der Waals surface area (Å²) in [6.07, 6.45) is 3.49. The van der Waals surface area contributed by atoms with Crippen LogP contribution in [0.2, 0.25) is 0 Å². The molecule has 10 heteroatoms. The van der Waals surface area contributed by atoms with E-state index in [0.717, 1.165) is 16.2 Å². The summed E-state index contributed by atoms with van der Waals surface area (Å²) in [4.78, 5) is 26.9. The zero-order valence-corrected chi connectivity index (χ0v) is 18.0. The van der Waals surface area contributed by atoms with E-state index in [1.54, 1.807) is 29.3 Å². The van der Waals surface area contributed by atoms with Crippen LogP contribution in [0.15, 0.2) is 65.3 Å². The van der Waals surface area contributed by atoms with Gasteiger partial charge in [-0.15, -0.1) is 11.3 Å². The molecule has 0 aliphatic carbocycles. The Kier molecular flexibility index (Phi) is 5.12. The van der Waals surface area contributed by atoms with Crippen molar-refractivity contribution in [3.05, 3.63) is 81.3 Å². The number of rotatable bonds is 6. The van der Waals surface area contributed by atoms with Gasteiger partial charge in [-0.1, -0.05) is 6.07 Å². The number of nitrogens with two attached hydrogens (primary N) is 1. The summed E-state index contributed by atoms with van der Waals surface area (Å²) < 4.78 is 8.42. The predicted octanol–water partition coefficient (Wildman–Crippen LogP) is 2.80. The number of fused-ring (bicyclic) bond motifs is 1. The monoisotopic (exact) mass is 445 g/mol. The Morgan fingerprint density at radius 2 is 1.97 bits per heavy atom. The Hall–Kier alpha value is -4.05. The number of ether oxygens (including phenoxy) is 1. The molecule has 0 unspecified atom stereocenters. The van der Waals surface area contributed by atoms with Crippen molar-refractivity contribution in [2.24, 2.45) is 0 Å². The molecular weight excluding hydrogens is 426 g/mol. The fourth-order valence-electron chi connectivity index (χ4n) is 3.47. The van der Waals surface area contributed by atoms with Crippen molar-refractivity contribution in [2.75, 3.05) is 12.8 Å². The molecule has 0 saturated heterocycles. The van der Waals surface area contributed by atoms with Gasteiger partial charge in [-0.25, -0.2) is 19.6 Å². The molecule has 9 nitrogen and oxygen atoms in total. The fourth-order valence-corrected chi connectivity index (χ4v) is 4.20. The molecule has 5 rings (SSSR count). The fraction of sp³-hybridized carbons (Fsp3) is 0.136. The van der Waals surface area contributed by atoms with Gasteiger partial charge in [-0.05, 0) is 41.8 Å². The lowest BCUT2D eigenvalue weighted by Crippen LogP contribution is -2.29. The number of nitrogens with zero attached hydrogens (tertiary/aromatic N) is 6. The first-order valence-electron chi connectivity index (χ1n) is 9.81. The molecule has 32 heavy (non-hydrogen) atoms.